The molecule has 2 rings (SSSR count). The molecule has 0 saturated carbocycles. The highest BCUT2D eigenvalue weighted by atomic mass is 79.9. The van der Waals surface area contributed by atoms with Gasteiger partial charge in [0.25, 0.3) is 0 Å². The number of aryl methyl sites for hydroxylation is 2. The number of halogens is 1. The predicted octanol–water partition coefficient (Wildman–Crippen LogP) is 4.70. The Bertz CT molecular complexity index is 618. The highest BCUT2D eigenvalue weighted by molar-refractivity contribution is 9.10. The van der Waals surface area contributed by atoms with Crippen molar-refractivity contribution in [2.45, 2.75) is 20.4 Å². The van der Waals surface area contributed by atoms with Crippen molar-refractivity contribution in [3.8, 4) is 11.5 Å². The van der Waals surface area contributed by atoms with Crippen molar-refractivity contribution in [3.63, 3.8) is 0 Å². The minimum absolute atomic E-state index is 0.740. The van der Waals surface area contributed by atoms with Crippen molar-refractivity contribution < 1.29 is 9.47 Å². The number of nitrogens with one attached hydrogen (secondary N) is 1. The molecular weight excluding hydrogens is 330 g/mol. The summed E-state index contributed by atoms with van der Waals surface area (Å²) in [5.74, 6) is 1.50. The van der Waals surface area contributed by atoms with E-state index in [0.717, 1.165) is 28.1 Å². The van der Waals surface area contributed by atoms with Crippen molar-refractivity contribution in [3.05, 3.63) is 51.5 Å². The molecule has 112 valence electrons. The molecule has 0 amide bonds. The standard InChI is InChI=1S/C17H20BrNO2/c1-11-7-14(18)8-12(2)17(11)19-10-13-5-6-15(20-3)16(9-13)21-4/h5-9,19H,10H2,1-4H3. The van der Waals surface area contributed by atoms with E-state index in [2.05, 4.69) is 47.2 Å². The first-order valence-electron chi connectivity index (χ1n) is 6.76. The topological polar surface area (TPSA) is 30.5 Å². The Kier molecular flexibility index (Phi) is 5.12. The maximum Gasteiger partial charge on any atom is 0.161 e. The van der Waals surface area contributed by atoms with Crippen LogP contribution in [-0.4, -0.2) is 14.2 Å². The largest absolute Gasteiger partial charge is 0.493 e. The molecule has 0 unspecified atom stereocenters. The third-order valence-electron chi connectivity index (χ3n) is 3.41. The minimum Gasteiger partial charge on any atom is -0.493 e. The molecule has 2 aromatic carbocycles. The first kappa shape index (κ1) is 15.7. The fourth-order valence-corrected chi connectivity index (χ4v) is 3.06. The van der Waals surface area contributed by atoms with Crippen LogP contribution in [0.2, 0.25) is 0 Å². The summed E-state index contributed by atoms with van der Waals surface area (Å²) in [5.41, 5.74) is 4.77. The molecule has 0 fully saturated rings. The van der Waals surface area contributed by atoms with Gasteiger partial charge in [-0.1, -0.05) is 22.0 Å². The quantitative estimate of drug-likeness (QED) is 0.848. The molecule has 0 radical (unpaired) electrons. The molecule has 0 heterocycles. The van der Waals surface area contributed by atoms with Gasteiger partial charge < -0.3 is 14.8 Å². The van der Waals surface area contributed by atoms with Gasteiger partial charge in [-0.2, -0.15) is 0 Å². The third-order valence-corrected chi connectivity index (χ3v) is 3.87. The van der Waals surface area contributed by atoms with Crippen LogP contribution in [0.15, 0.2) is 34.8 Å². The van der Waals surface area contributed by atoms with Crippen LogP contribution in [0.25, 0.3) is 0 Å². The zero-order valence-electron chi connectivity index (χ0n) is 12.8. The van der Waals surface area contributed by atoms with Gasteiger partial charge in [-0.15, -0.1) is 0 Å². The summed E-state index contributed by atoms with van der Waals surface area (Å²) < 4.78 is 11.7. The number of hydrogen-bond donors (Lipinski definition) is 1. The molecular formula is C17H20BrNO2. The van der Waals surface area contributed by atoms with Crippen molar-refractivity contribution >= 4 is 21.6 Å². The van der Waals surface area contributed by atoms with E-state index in [1.807, 2.05) is 18.2 Å². The van der Waals surface area contributed by atoms with Crippen LogP contribution < -0.4 is 14.8 Å². The van der Waals surface area contributed by atoms with E-state index in [4.69, 9.17) is 9.47 Å². The molecule has 0 spiro atoms. The van der Waals surface area contributed by atoms with E-state index >= 15 is 0 Å². The minimum atomic E-state index is 0.740. The Balaban J connectivity index is 2.17. The smallest absolute Gasteiger partial charge is 0.161 e. The fraction of sp³-hybridized carbons (Fsp3) is 0.294. The molecule has 0 aliphatic carbocycles. The summed E-state index contributed by atoms with van der Waals surface area (Å²) in [4.78, 5) is 0. The van der Waals surface area contributed by atoms with Crippen molar-refractivity contribution in [2.24, 2.45) is 0 Å². The van der Waals surface area contributed by atoms with Gasteiger partial charge in [0.1, 0.15) is 0 Å². The summed E-state index contributed by atoms with van der Waals surface area (Å²) in [6.07, 6.45) is 0. The number of anilines is 1. The van der Waals surface area contributed by atoms with Crippen LogP contribution in [0.5, 0.6) is 11.5 Å². The molecule has 0 bridgehead atoms. The third kappa shape index (κ3) is 3.70. The molecule has 0 aliphatic heterocycles. The Morgan fingerprint density at radius 1 is 0.952 bits per heavy atom. The van der Waals surface area contributed by atoms with E-state index in [1.54, 1.807) is 14.2 Å². The van der Waals surface area contributed by atoms with Crippen LogP contribution in [0, 0.1) is 13.8 Å². The van der Waals surface area contributed by atoms with Gasteiger partial charge >= 0.3 is 0 Å². The summed E-state index contributed by atoms with van der Waals surface area (Å²) in [6.45, 7) is 4.95. The summed E-state index contributed by atoms with van der Waals surface area (Å²) in [6, 6.07) is 10.2. The average Bonchev–Trinajstić information content (AvgIpc) is 2.45. The SMILES string of the molecule is COc1ccc(CNc2c(C)cc(Br)cc2C)cc1OC. The van der Waals surface area contributed by atoms with Crippen molar-refractivity contribution in [1.82, 2.24) is 0 Å². The second-order valence-corrected chi connectivity index (χ2v) is 5.87. The van der Waals surface area contributed by atoms with Gasteiger partial charge in [0.15, 0.2) is 11.5 Å². The first-order valence-corrected chi connectivity index (χ1v) is 7.56. The second kappa shape index (κ2) is 6.85. The van der Waals surface area contributed by atoms with Crippen LogP contribution in [0.1, 0.15) is 16.7 Å². The Labute approximate surface area is 134 Å². The fourth-order valence-electron chi connectivity index (χ4n) is 2.37. The lowest BCUT2D eigenvalue weighted by Crippen LogP contribution is -2.03. The monoisotopic (exact) mass is 349 g/mol. The van der Waals surface area contributed by atoms with Gasteiger partial charge in [0.05, 0.1) is 14.2 Å². The molecule has 21 heavy (non-hydrogen) atoms. The lowest BCUT2D eigenvalue weighted by molar-refractivity contribution is 0.354. The van der Waals surface area contributed by atoms with E-state index in [-0.39, 0.29) is 0 Å². The summed E-state index contributed by atoms with van der Waals surface area (Å²) >= 11 is 3.52. The van der Waals surface area contributed by atoms with Gasteiger partial charge in [-0.05, 0) is 54.8 Å². The lowest BCUT2D eigenvalue weighted by atomic mass is 10.1. The number of hydrogen-bond acceptors (Lipinski definition) is 3. The summed E-state index contributed by atoms with van der Waals surface area (Å²) in [7, 11) is 3.29. The first-order chi connectivity index (χ1) is 10.0. The molecule has 0 aliphatic rings. The highest BCUT2D eigenvalue weighted by Crippen LogP contribution is 2.29. The van der Waals surface area contributed by atoms with Gasteiger partial charge in [0.2, 0.25) is 0 Å². The molecule has 1 N–H and O–H groups in total. The maximum atomic E-state index is 5.33. The van der Waals surface area contributed by atoms with Crippen LogP contribution in [-0.2, 0) is 6.54 Å². The number of benzene rings is 2. The molecule has 3 nitrogen and oxygen atoms in total. The molecule has 0 saturated heterocycles. The highest BCUT2D eigenvalue weighted by Gasteiger charge is 2.07. The molecule has 0 atom stereocenters. The second-order valence-electron chi connectivity index (χ2n) is 4.96. The predicted molar refractivity (Wildman–Crippen MR) is 90.5 cm³/mol. The lowest BCUT2D eigenvalue weighted by Gasteiger charge is -2.14. The Morgan fingerprint density at radius 3 is 2.14 bits per heavy atom. The molecule has 2 aromatic rings. The van der Waals surface area contributed by atoms with Crippen molar-refractivity contribution in [1.29, 1.82) is 0 Å². The zero-order valence-corrected chi connectivity index (χ0v) is 14.4. The van der Waals surface area contributed by atoms with E-state index in [1.165, 1.54) is 16.8 Å². The van der Waals surface area contributed by atoms with E-state index < -0.39 is 0 Å². The van der Waals surface area contributed by atoms with Gasteiger partial charge in [0, 0.05) is 16.7 Å². The average molecular weight is 350 g/mol. The molecule has 0 aromatic heterocycles. The normalized spacial score (nSPS) is 10.3. The number of rotatable bonds is 5. The van der Waals surface area contributed by atoms with Crippen LogP contribution in [0.4, 0.5) is 5.69 Å². The Morgan fingerprint density at radius 2 is 1.57 bits per heavy atom. The van der Waals surface area contributed by atoms with E-state index in [9.17, 15) is 0 Å². The van der Waals surface area contributed by atoms with Crippen LogP contribution in [0.3, 0.4) is 0 Å². The van der Waals surface area contributed by atoms with Crippen LogP contribution >= 0.6 is 15.9 Å². The maximum absolute atomic E-state index is 5.33. The Hall–Kier alpha value is -1.68. The van der Waals surface area contributed by atoms with Gasteiger partial charge in [-0.25, -0.2) is 0 Å². The van der Waals surface area contributed by atoms with Gasteiger partial charge in [-0.3, -0.25) is 0 Å². The van der Waals surface area contributed by atoms with Crippen molar-refractivity contribution in [2.75, 3.05) is 19.5 Å². The zero-order chi connectivity index (χ0) is 15.4. The summed E-state index contributed by atoms with van der Waals surface area (Å²) in [5, 5.41) is 3.50. The number of methoxy groups -OCH3 is 2. The molecule has 4 heteroatoms. The van der Waals surface area contributed by atoms with E-state index in [0.29, 0.717) is 0 Å². The number of ether oxygens (including phenoxy) is 2.